The smallest absolute Gasteiger partial charge is 0.416 e. The zero-order chi connectivity index (χ0) is 24.7. The van der Waals surface area contributed by atoms with Crippen LogP contribution in [0.15, 0.2) is 77.7 Å². The molecule has 1 N–H and O–H groups in total. The Balaban J connectivity index is 1.88. The highest BCUT2D eigenvalue weighted by Crippen LogP contribution is 2.35. The summed E-state index contributed by atoms with van der Waals surface area (Å²) in [5.74, 6) is 0.381. The van der Waals surface area contributed by atoms with Crippen LogP contribution in [0.5, 0.6) is 5.75 Å². The van der Waals surface area contributed by atoms with Crippen LogP contribution >= 0.6 is 0 Å². The van der Waals surface area contributed by atoms with Crippen LogP contribution < -0.4 is 10.1 Å². The molecule has 0 aliphatic heterocycles. The number of halogens is 3. The molecule has 0 aromatic heterocycles. The fourth-order valence-electron chi connectivity index (χ4n) is 3.69. The van der Waals surface area contributed by atoms with Crippen molar-refractivity contribution in [2.75, 3.05) is 14.2 Å². The Hall–Kier alpha value is -3.13. The second-order valence-electron chi connectivity index (χ2n) is 7.72. The quantitative estimate of drug-likeness (QED) is 0.404. The van der Waals surface area contributed by atoms with E-state index in [1.54, 1.807) is 31.4 Å². The lowest BCUT2D eigenvalue weighted by Crippen LogP contribution is -2.21. The summed E-state index contributed by atoms with van der Waals surface area (Å²) in [5, 5.41) is 1.97. The molecule has 180 valence electrons. The number of hydrogen-bond acceptors (Lipinski definition) is 3. The third-order valence-corrected chi connectivity index (χ3v) is 7.35. The molecule has 0 aliphatic rings. The van der Waals surface area contributed by atoms with Crippen molar-refractivity contribution in [3.8, 4) is 5.75 Å². The summed E-state index contributed by atoms with van der Waals surface area (Å²) in [5.41, 5.74) is 1.14. The molecule has 0 bridgehead atoms. The zero-order valence-electron chi connectivity index (χ0n) is 18.9. The van der Waals surface area contributed by atoms with Gasteiger partial charge in [0.2, 0.25) is 0 Å². The maximum Gasteiger partial charge on any atom is 0.416 e. The number of nitrogens with one attached hydrogen (secondary N) is 1. The molecule has 0 aliphatic carbocycles. The van der Waals surface area contributed by atoms with Crippen LogP contribution in [0.4, 0.5) is 13.2 Å². The average molecular weight is 490 g/mol. The van der Waals surface area contributed by atoms with Gasteiger partial charge in [-0.1, -0.05) is 36.4 Å². The van der Waals surface area contributed by atoms with Crippen molar-refractivity contribution in [1.29, 1.82) is 0 Å². The van der Waals surface area contributed by atoms with E-state index in [0.29, 0.717) is 29.7 Å². The van der Waals surface area contributed by atoms with E-state index in [4.69, 9.17) is 4.74 Å². The lowest BCUT2D eigenvalue weighted by molar-refractivity contribution is -0.137. The molecule has 0 spiro atoms. The van der Waals surface area contributed by atoms with Gasteiger partial charge in [-0.3, -0.25) is 9.00 Å². The number of methoxy groups -OCH3 is 1. The van der Waals surface area contributed by atoms with Crippen LogP contribution in [0.1, 0.15) is 45.1 Å². The normalized spacial score (nSPS) is 13.2. The van der Waals surface area contributed by atoms with Crippen molar-refractivity contribution in [2.24, 2.45) is 0 Å². The summed E-state index contributed by atoms with van der Waals surface area (Å²) in [7, 11) is 1.42. The highest BCUT2D eigenvalue weighted by molar-refractivity contribution is 7.85. The van der Waals surface area contributed by atoms with Crippen LogP contribution in [0.25, 0.3) is 0 Å². The van der Waals surface area contributed by atoms with Gasteiger partial charge < -0.3 is 10.1 Å². The van der Waals surface area contributed by atoms with Crippen LogP contribution in [0.2, 0.25) is 0 Å². The number of rotatable bonds is 9. The molecule has 0 saturated carbocycles. The van der Waals surface area contributed by atoms with E-state index in [1.165, 1.54) is 19.2 Å². The largest absolute Gasteiger partial charge is 0.497 e. The Labute approximate surface area is 199 Å². The van der Waals surface area contributed by atoms with E-state index in [0.717, 1.165) is 23.4 Å². The predicted octanol–water partition coefficient (Wildman–Crippen LogP) is 5.95. The first-order valence-electron chi connectivity index (χ1n) is 10.8. The monoisotopic (exact) mass is 489 g/mol. The van der Waals surface area contributed by atoms with Gasteiger partial charge in [0.25, 0.3) is 5.91 Å². The maximum absolute atomic E-state index is 13.7. The van der Waals surface area contributed by atoms with Gasteiger partial charge in [0.05, 0.1) is 39.2 Å². The minimum absolute atomic E-state index is 0.287. The molecule has 34 heavy (non-hydrogen) atoms. The summed E-state index contributed by atoms with van der Waals surface area (Å²) < 4.78 is 58.0. The van der Waals surface area contributed by atoms with Crippen molar-refractivity contribution in [3.63, 3.8) is 0 Å². The maximum atomic E-state index is 13.7. The number of carbonyl (C=O) groups excluding carboxylic acids is 1. The van der Waals surface area contributed by atoms with Crippen molar-refractivity contribution >= 4 is 16.7 Å². The van der Waals surface area contributed by atoms with Gasteiger partial charge in [-0.15, -0.1) is 0 Å². The van der Waals surface area contributed by atoms with Gasteiger partial charge in [0.1, 0.15) is 5.75 Å². The lowest BCUT2D eigenvalue weighted by atomic mass is 10.0. The first-order valence-corrected chi connectivity index (χ1v) is 12.0. The van der Waals surface area contributed by atoms with E-state index in [1.807, 2.05) is 24.3 Å². The first-order chi connectivity index (χ1) is 16.2. The topological polar surface area (TPSA) is 55.4 Å². The predicted molar refractivity (Wildman–Crippen MR) is 126 cm³/mol. The highest BCUT2D eigenvalue weighted by Gasteiger charge is 2.31. The third kappa shape index (κ3) is 6.26. The molecule has 0 radical (unpaired) electrons. The molecular formula is C26H26F3NO3S. The molecule has 3 rings (SSSR count). The number of hydrogen-bond donors (Lipinski definition) is 1. The molecule has 0 saturated heterocycles. The average Bonchev–Trinajstić information content (AvgIpc) is 2.85. The Kier molecular flexibility index (Phi) is 8.50. The number of carbonyl (C=O) groups is 1. The van der Waals surface area contributed by atoms with E-state index >= 15 is 0 Å². The molecule has 2 atom stereocenters. The number of alkyl halides is 3. The van der Waals surface area contributed by atoms with Crippen molar-refractivity contribution < 1.29 is 26.9 Å². The van der Waals surface area contributed by atoms with Crippen LogP contribution in [0, 0.1) is 0 Å². The van der Waals surface area contributed by atoms with Crippen LogP contribution in [0.3, 0.4) is 0 Å². The summed E-state index contributed by atoms with van der Waals surface area (Å²) in [4.78, 5) is 12.7. The molecule has 0 heterocycles. The fourth-order valence-corrected chi connectivity index (χ4v) is 5.37. The van der Waals surface area contributed by atoms with Crippen molar-refractivity contribution in [3.05, 3.63) is 95.1 Å². The molecule has 8 heteroatoms. The number of benzene rings is 3. The van der Waals surface area contributed by atoms with Gasteiger partial charge in [-0.05, 0) is 66.8 Å². The van der Waals surface area contributed by atoms with Crippen LogP contribution in [-0.2, 0) is 23.4 Å². The molecule has 4 nitrogen and oxygen atoms in total. The van der Waals surface area contributed by atoms with Crippen molar-refractivity contribution in [2.45, 2.75) is 35.6 Å². The minimum atomic E-state index is -4.45. The second kappa shape index (κ2) is 11.3. The Morgan fingerprint density at radius 3 is 2.24 bits per heavy atom. The third-order valence-electron chi connectivity index (χ3n) is 5.53. The molecule has 3 aromatic rings. The summed E-state index contributed by atoms with van der Waals surface area (Å²) in [6.07, 6.45) is -2.62. The first kappa shape index (κ1) is 25.5. The van der Waals surface area contributed by atoms with Gasteiger partial charge in [0, 0.05) is 7.05 Å². The van der Waals surface area contributed by atoms with Gasteiger partial charge >= 0.3 is 6.18 Å². The summed E-state index contributed by atoms with van der Waals surface area (Å²) in [6.45, 7) is 0. The molecule has 1 amide bonds. The van der Waals surface area contributed by atoms with Crippen LogP contribution in [-0.4, -0.2) is 24.3 Å². The van der Waals surface area contributed by atoms with Crippen molar-refractivity contribution in [1.82, 2.24) is 5.32 Å². The molecule has 3 aromatic carbocycles. The summed E-state index contributed by atoms with van der Waals surface area (Å²) >= 11 is 0. The van der Waals surface area contributed by atoms with E-state index in [-0.39, 0.29) is 11.5 Å². The second-order valence-corrected chi connectivity index (χ2v) is 9.33. The lowest BCUT2D eigenvalue weighted by Gasteiger charge is -2.20. The Bertz CT molecular complexity index is 1130. The van der Waals surface area contributed by atoms with Gasteiger partial charge in [0.15, 0.2) is 0 Å². The van der Waals surface area contributed by atoms with Gasteiger partial charge in [-0.2, -0.15) is 13.2 Å². The SMILES string of the molecule is CNC(=O)c1ccccc1S(=O)[C@H](CCCc1ccc(OC)cc1)c1ccc(C(F)(F)F)cc1. The number of ether oxygens (including phenoxy) is 1. The minimum Gasteiger partial charge on any atom is -0.497 e. The zero-order valence-corrected chi connectivity index (χ0v) is 19.7. The van der Waals surface area contributed by atoms with Gasteiger partial charge in [-0.25, -0.2) is 0 Å². The Morgan fingerprint density at radius 2 is 1.65 bits per heavy atom. The van der Waals surface area contributed by atoms with E-state index < -0.39 is 27.8 Å². The highest BCUT2D eigenvalue weighted by atomic mass is 32.2. The molecular weight excluding hydrogens is 463 g/mol. The summed E-state index contributed by atoms with van der Waals surface area (Å²) in [6, 6.07) is 19.0. The Morgan fingerprint density at radius 1 is 1.00 bits per heavy atom. The van der Waals surface area contributed by atoms with E-state index in [9.17, 15) is 22.2 Å². The molecule has 0 fully saturated rings. The number of amides is 1. The fraction of sp³-hybridized carbons (Fsp3) is 0.269. The number of aryl methyl sites for hydroxylation is 1. The van der Waals surface area contributed by atoms with E-state index in [2.05, 4.69) is 5.32 Å². The standard InChI is InChI=1S/C26H26F3NO3S/c1-30-25(31)22-7-3-4-8-24(22)34(32)23(19-12-14-20(15-13-19)26(27,28)29)9-5-6-18-10-16-21(33-2)17-11-18/h3-4,7-8,10-17,23H,5-6,9H2,1-2H3,(H,30,31)/t23-,34?/m1/s1. The molecule has 1 unspecified atom stereocenters.